The molecule has 18 heavy (non-hydrogen) atoms. The number of carbonyl (C=O) groups is 1. The highest BCUT2D eigenvalue weighted by Crippen LogP contribution is 2.27. The van der Waals surface area contributed by atoms with Gasteiger partial charge in [0.2, 0.25) is 0 Å². The van der Waals surface area contributed by atoms with Crippen LogP contribution in [-0.4, -0.2) is 30.0 Å². The van der Waals surface area contributed by atoms with Crippen LogP contribution in [0.5, 0.6) is 5.75 Å². The Morgan fingerprint density at radius 2 is 2.28 bits per heavy atom. The van der Waals surface area contributed by atoms with Crippen LogP contribution in [0.1, 0.15) is 19.8 Å². The average Bonchev–Trinajstić information content (AvgIpc) is 3.16. The Labute approximate surface area is 114 Å². The molecule has 1 aromatic carbocycles. The molecule has 0 aromatic heterocycles. The Kier molecular flexibility index (Phi) is 4.22. The Balaban J connectivity index is 1.90. The number of ether oxygens (including phenoxy) is 1. The third kappa shape index (κ3) is 3.22. The molecule has 0 bridgehead atoms. The minimum Gasteiger partial charge on any atom is -0.484 e. The number of rotatable bonds is 5. The third-order valence-electron chi connectivity index (χ3n) is 2.90. The molecule has 0 radical (unpaired) electrons. The highest BCUT2D eigenvalue weighted by Gasteiger charge is 2.31. The van der Waals surface area contributed by atoms with E-state index in [-0.39, 0.29) is 12.5 Å². The first-order chi connectivity index (χ1) is 8.61. The van der Waals surface area contributed by atoms with Crippen LogP contribution in [0.4, 0.5) is 4.39 Å². The van der Waals surface area contributed by atoms with E-state index in [0.717, 1.165) is 12.8 Å². The lowest BCUT2D eigenvalue weighted by atomic mass is 10.3. The summed E-state index contributed by atoms with van der Waals surface area (Å²) in [6.07, 6.45) is 2.15. The van der Waals surface area contributed by atoms with Crippen molar-refractivity contribution in [3.8, 4) is 5.75 Å². The van der Waals surface area contributed by atoms with E-state index in [1.54, 1.807) is 12.1 Å². The molecule has 3 nitrogen and oxygen atoms in total. The van der Waals surface area contributed by atoms with Crippen LogP contribution in [0.25, 0.3) is 0 Å². The van der Waals surface area contributed by atoms with E-state index >= 15 is 0 Å². The van der Waals surface area contributed by atoms with Crippen molar-refractivity contribution in [2.45, 2.75) is 25.8 Å². The summed E-state index contributed by atoms with van der Waals surface area (Å²) in [7, 11) is 0. The summed E-state index contributed by atoms with van der Waals surface area (Å²) >= 11 is 3.07. The van der Waals surface area contributed by atoms with E-state index in [1.807, 2.05) is 11.8 Å². The molecule has 0 unspecified atom stereocenters. The summed E-state index contributed by atoms with van der Waals surface area (Å²) in [6, 6.07) is 4.85. The standard InChI is InChI=1S/C13H15BrFNO2/c1-2-16(9-3-4-9)13(17)8-18-10-5-6-11(14)12(15)7-10/h5-7,9H,2-4,8H2,1H3. The monoisotopic (exact) mass is 315 g/mol. The van der Waals surface area contributed by atoms with Gasteiger partial charge in [-0.2, -0.15) is 0 Å². The number of likely N-dealkylation sites (N-methyl/N-ethyl adjacent to an activating group) is 1. The van der Waals surface area contributed by atoms with Gasteiger partial charge >= 0.3 is 0 Å². The summed E-state index contributed by atoms with van der Waals surface area (Å²) in [5.74, 6) is -0.0614. The zero-order valence-corrected chi connectivity index (χ0v) is 11.7. The average molecular weight is 316 g/mol. The quantitative estimate of drug-likeness (QED) is 0.836. The zero-order valence-electron chi connectivity index (χ0n) is 10.2. The lowest BCUT2D eigenvalue weighted by Gasteiger charge is -2.20. The van der Waals surface area contributed by atoms with Gasteiger partial charge in [-0.05, 0) is 47.8 Å². The Hall–Kier alpha value is -1.10. The van der Waals surface area contributed by atoms with E-state index in [0.29, 0.717) is 22.8 Å². The molecular weight excluding hydrogens is 301 g/mol. The maximum Gasteiger partial charge on any atom is 0.260 e. The fourth-order valence-corrected chi connectivity index (χ4v) is 2.07. The number of carbonyl (C=O) groups excluding carboxylic acids is 1. The molecule has 0 heterocycles. The molecule has 1 saturated carbocycles. The van der Waals surface area contributed by atoms with Crippen LogP contribution in [0.15, 0.2) is 22.7 Å². The summed E-state index contributed by atoms with van der Waals surface area (Å²) in [5, 5.41) is 0. The molecule has 0 spiro atoms. The van der Waals surface area contributed by atoms with E-state index in [4.69, 9.17) is 4.74 Å². The number of benzene rings is 1. The van der Waals surface area contributed by atoms with Crippen LogP contribution < -0.4 is 4.74 Å². The third-order valence-corrected chi connectivity index (χ3v) is 3.55. The molecule has 5 heteroatoms. The molecule has 0 aliphatic heterocycles. The van der Waals surface area contributed by atoms with E-state index < -0.39 is 5.82 Å². The maximum atomic E-state index is 13.2. The van der Waals surface area contributed by atoms with Crippen LogP contribution in [0.2, 0.25) is 0 Å². The van der Waals surface area contributed by atoms with Crippen LogP contribution in [-0.2, 0) is 4.79 Å². The molecule has 2 rings (SSSR count). The van der Waals surface area contributed by atoms with Crippen molar-refractivity contribution < 1.29 is 13.9 Å². The highest BCUT2D eigenvalue weighted by molar-refractivity contribution is 9.10. The lowest BCUT2D eigenvalue weighted by Crippen LogP contribution is -2.36. The summed E-state index contributed by atoms with van der Waals surface area (Å²) in [6.45, 7) is 2.61. The molecule has 1 amide bonds. The second kappa shape index (κ2) is 5.69. The maximum absolute atomic E-state index is 13.2. The van der Waals surface area contributed by atoms with Crippen molar-refractivity contribution in [2.75, 3.05) is 13.2 Å². The van der Waals surface area contributed by atoms with Gasteiger partial charge in [-0.15, -0.1) is 0 Å². The van der Waals surface area contributed by atoms with Crippen molar-refractivity contribution in [2.24, 2.45) is 0 Å². The molecule has 1 fully saturated rings. The van der Waals surface area contributed by atoms with Gasteiger partial charge in [-0.25, -0.2) is 4.39 Å². The van der Waals surface area contributed by atoms with Crippen molar-refractivity contribution >= 4 is 21.8 Å². The van der Waals surface area contributed by atoms with Gasteiger partial charge in [-0.1, -0.05) is 0 Å². The molecule has 1 aliphatic rings. The predicted molar refractivity (Wildman–Crippen MR) is 70.0 cm³/mol. The van der Waals surface area contributed by atoms with Crippen LogP contribution >= 0.6 is 15.9 Å². The number of amides is 1. The van der Waals surface area contributed by atoms with Crippen molar-refractivity contribution in [3.05, 3.63) is 28.5 Å². The number of hydrogen-bond acceptors (Lipinski definition) is 2. The van der Waals surface area contributed by atoms with Gasteiger partial charge in [0.1, 0.15) is 11.6 Å². The van der Waals surface area contributed by atoms with Gasteiger partial charge in [0, 0.05) is 18.7 Å². The van der Waals surface area contributed by atoms with Gasteiger partial charge in [-0.3, -0.25) is 4.79 Å². The Bertz CT molecular complexity index is 449. The summed E-state index contributed by atoms with van der Waals surface area (Å²) in [5.41, 5.74) is 0. The SMILES string of the molecule is CCN(C(=O)COc1ccc(Br)c(F)c1)C1CC1. The molecule has 1 aromatic rings. The second-order valence-electron chi connectivity index (χ2n) is 4.28. The number of hydrogen-bond donors (Lipinski definition) is 0. The normalized spacial score (nSPS) is 14.4. The zero-order chi connectivity index (χ0) is 13.1. The van der Waals surface area contributed by atoms with Crippen molar-refractivity contribution in [1.82, 2.24) is 4.90 Å². The molecule has 98 valence electrons. The van der Waals surface area contributed by atoms with Gasteiger partial charge in [0.15, 0.2) is 6.61 Å². The number of nitrogens with zero attached hydrogens (tertiary/aromatic N) is 1. The second-order valence-corrected chi connectivity index (χ2v) is 5.13. The van der Waals surface area contributed by atoms with Crippen molar-refractivity contribution in [1.29, 1.82) is 0 Å². The minimum absolute atomic E-state index is 0.0363. The molecule has 0 atom stereocenters. The largest absolute Gasteiger partial charge is 0.484 e. The van der Waals surface area contributed by atoms with Crippen molar-refractivity contribution in [3.63, 3.8) is 0 Å². The van der Waals surface area contributed by atoms with E-state index in [9.17, 15) is 9.18 Å². The number of halogens is 2. The van der Waals surface area contributed by atoms with Gasteiger partial charge in [0.25, 0.3) is 5.91 Å². The van der Waals surface area contributed by atoms with Crippen LogP contribution in [0, 0.1) is 5.82 Å². The molecule has 1 aliphatic carbocycles. The summed E-state index contributed by atoms with van der Waals surface area (Å²) < 4.78 is 18.9. The van der Waals surface area contributed by atoms with Gasteiger partial charge < -0.3 is 9.64 Å². The first-order valence-electron chi connectivity index (χ1n) is 5.99. The lowest BCUT2D eigenvalue weighted by molar-refractivity contribution is -0.133. The Morgan fingerprint density at radius 1 is 1.56 bits per heavy atom. The van der Waals surface area contributed by atoms with E-state index in [1.165, 1.54) is 6.07 Å². The van der Waals surface area contributed by atoms with E-state index in [2.05, 4.69) is 15.9 Å². The molecular formula is C13H15BrFNO2. The smallest absolute Gasteiger partial charge is 0.260 e. The summed E-state index contributed by atoms with van der Waals surface area (Å²) in [4.78, 5) is 13.7. The first kappa shape index (κ1) is 13.3. The fourth-order valence-electron chi connectivity index (χ4n) is 1.82. The highest BCUT2D eigenvalue weighted by atomic mass is 79.9. The molecule has 0 N–H and O–H groups in total. The predicted octanol–water partition coefficient (Wildman–Crippen LogP) is 2.98. The topological polar surface area (TPSA) is 29.5 Å². The first-order valence-corrected chi connectivity index (χ1v) is 6.78. The van der Waals surface area contributed by atoms with Gasteiger partial charge in [0.05, 0.1) is 4.47 Å². The minimum atomic E-state index is -0.394. The fraction of sp³-hybridized carbons (Fsp3) is 0.462. The van der Waals surface area contributed by atoms with Crippen LogP contribution in [0.3, 0.4) is 0 Å². The Morgan fingerprint density at radius 3 is 2.83 bits per heavy atom. The molecule has 0 saturated heterocycles.